The molecule has 0 aliphatic carbocycles. The van der Waals surface area contributed by atoms with Crippen molar-refractivity contribution >= 4 is 29.1 Å². The molecule has 0 N–H and O–H groups in total. The number of halogens is 3. The van der Waals surface area contributed by atoms with Crippen molar-refractivity contribution in [1.82, 2.24) is 4.90 Å². The largest absolute Gasteiger partial charge is 0.482 e. The van der Waals surface area contributed by atoms with Crippen LogP contribution in [0.25, 0.3) is 0 Å². The van der Waals surface area contributed by atoms with E-state index in [0.717, 1.165) is 5.56 Å². The number of hydrogen-bond donors (Lipinski definition) is 0. The zero-order chi connectivity index (χ0) is 16.1. The minimum absolute atomic E-state index is 0.155. The van der Waals surface area contributed by atoms with E-state index in [9.17, 15) is 9.18 Å². The molecule has 116 valence electrons. The summed E-state index contributed by atoms with van der Waals surface area (Å²) in [6.45, 7) is 0.212. The van der Waals surface area contributed by atoms with E-state index in [-0.39, 0.29) is 23.4 Å². The fourth-order valence-corrected chi connectivity index (χ4v) is 2.14. The molecule has 2 aromatic carbocycles. The molecule has 2 rings (SSSR count). The Hall–Kier alpha value is -1.78. The lowest BCUT2D eigenvalue weighted by Crippen LogP contribution is -2.31. The van der Waals surface area contributed by atoms with Crippen LogP contribution in [0.2, 0.25) is 10.0 Å². The normalized spacial score (nSPS) is 10.4. The molecule has 0 bridgehead atoms. The summed E-state index contributed by atoms with van der Waals surface area (Å²) in [6.07, 6.45) is 0. The molecule has 1 amide bonds. The maximum atomic E-state index is 12.8. The number of benzene rings is 2. The molecule has 22 heavy (non-hydrogen) atoms. The lowest BCUT2D eigenvalue weighted by molar-refractivity contribution is -0.132. The van der Waals surface area contributed by atoms with Crippen molar-refractivity contribution in [2.45, 2.75) is 6.54 Å². The number of ether oxygens (including phenoxy) is 1. The Bertz CT molecular complexity index is 662. The maximum absolute atomic E-state index is 12.8. The van der Waals surface area contributed by atoms with E-state index >= 15 is 0 Å². The maximum Gasteiger partial charge on any atom is 0.260 e. The third-order valence-corrected chi connectivity index (χ3v) is 3.83. The van der Waals surface area contributed by atoms with Gasteiger partial charge < -0.3 is 9.64 Å². The van der Waals surface area contributed by atoms with Crippen LogP contribution in [0.1, 0.15) is 5.56 Å². The first-order valence-electron chi connectivity index (χ1n) is 6.52. The zero-order valence-corrected chi connectivity index (χ0v) is 13.4. The van der Waals surface area contributed by atoms with E-state index in [1.807, 2.05) is 0 Å². The predicted molar refractivity (Wildman–Crippen MR) is 84.8 cm³/mol. The highest BCUT2D eigenvalue weighted by Gasteiger charge is 2.12. The van der Waals surface area contributed by atoms with Gasteiger partial charge in [0.2, 0.25) is 0 Å². The van der Waals surface area contributed by atoms with Gasteiger partial charge in [-0.25, -0.2) is 4.39 Å². The van der Waals surface area contributed by atoms with Gasteiger partial charge in [-0.05, 0) is 29.8 Å². The fraction of sp³-hybridized carbons (Fsp3) is 0.188. The lowest BCUT2D eigenvalue weighted by atomic mass is 10.2. The van der Waals surface area contributed by atoms with Crippen LogP contribution >= 0.6 is 23.2 Å². The van der Waals surface area contributed by atoms with Gasteiger partial charge >= 0.3 is 0 Å². The van der Waals surface area contributed by atoms with E-state index in [0.29, 0.717) is 17.3 Å². The van der Waals surface area contributed by atoms with Crippen molar-refractivity contribution in [2.75, 3.05) is 13.7 Å². The van der Waals surface area contributed by atoms with Crippen LogP contribution in [0.15, 0.2) is 42.5 Å². The Morgan fingerprint density at radius 2 is 1.86 bits per heavy atom. The van der Waals surface area contributed by atoms with Gasteiger partial charge in [0.05, 0.1) is 5.02 Å². The summed E-state index contributed by atoms with van der Waals surface area (Å²) < 4.78 is 18.2. The van der Waals surface area contributed by atoms with Gasteiger partial charge in [0.15, 0.2) is 6.61 Å². The monoisotopic (exact) mass is 341 g/mol. The highest BCUT2D eigenvalue weighted by molar-refractivity contribution is 6.42. The standard InChI is InChI=1S/C16H14Cl2FNO2/c1-20(9-11-5-7-12(19)8-6-11)15(21)10-22-14-4-2-3-13(17)16(14)18/h2-8H,9-10H2,1H3. The molecule has 0 aliphatic rings. The summed E-state index contributed by atoms with van der Waals surface area (Å²) in [5.41, 5.74) is 0.832. The summed E-state index contributed by atoms with van der Waals surface area (Å²) in [5.74, 6) is -0.172. The molecule has 2 aromatic rings. The van der Waals surface area contributed by atoms with Crippen molar-refractivity contribution in [2.24, 2.45) is 0 Å². The minimum atomic E-state index is -0.309. The second kappa shape index (κ2) is 7.47. The van der Waals surface area contributed by atoms with E-state index in [2.05, 4.69) is 0 Å². The van der Waals surface area contributed by atoms with Crippen LogP contribution in [0.4, 0.5) is 4.39 Å². The average Bonchev–Trinajstić information content (AvgIpc) is 2.50. The number of rotatable bonds is 5. The summed E-state index contributed by atoms with van der Waals surface area (Å²) in [7, 11) is 1.65. The number of hydrogen-bond acceptors (Lipinski definition) is 2. The Morgan fingerprint density at radius 1 is 1.18 bits per heavy atom. The molecule has 0 heterocycles. The van der Waals surface area contributed by atoms with E-state index in [1.54, 1.807) is 37.4 Å². The van der Waals surface area contributed by atoms with Gasteiger partial charge in [-0.3, -0.25) is 4.79 Å². The molecule has 0 aromatic heterocycles. The van der Waals surface area contributed by atoms with Gasteiger partial charge in [0.25, 0.3) is 5.91 Å². The van der Waals surface area contributed by atoms with Crippen LogP contribution in [0, 0.1) is 5.82 Å². The van der Waals surface area contributed by atoms with Crippen molar-refractivity contribution in [1.29, 1.82) is 0 Å². The molecular formula is C16H14Cl2FNO2. The molecule has 6 heteroatoms. The van der Waals surface area contributed by atoms with Crippen molar-refractivity contribution in [3.63, 3.8) is 0 Å². The Morgan fingerprint density at radius 3 is 2.55 bits per heavy atom. The quantitative estimate of drug-likeness (QED) is 0.816. The Balaban J connectivity index is 1.91. The average molecular weight is 342 g/mol. The number of nitrogens with zero attached hydrogens (tertiary/aromatic N) is 1. The second-order valence-corrected chi connectivity index (χ2v) is 5.50. The molecule has 0 saturated carbocycles. The van der Waals surface area contributed by atoms with Crippen molar-refractivity contribution < 1.29 is 13.9 Å². The molecule has 0 radical (unpaired) electrons. The number of likely N-dealkylation sites (N-methyl/N-ethyl adjacent to an activating group) is 1. The van der Waals surface area contributed by atoms with Gasteiger partial charge in [-0.2, -0.15) is 0 Å². The highest BCUT2D eigenvalue weighted by Crippen LogP contribution is 2.31. The summed E-state index contributed by atoms with van der Waals surface area (Å²) in [6, 6.07) is 10.9. The van der Waals surface area contributed by atoms with Gasteiger partial charge in [-0.1, -0.05) is 41.4 Å². The smallest absolute Gasteiger partial charge is 0.260 e. The molecule has 3 nitrogen and oxygen atoms in total. The first-order valence-corrected chi connectivity index (χ1v) is 7.28. The van der Waals surface area contributed by atoms with Gasteiger partial charge in [-0.15, -0.1) is 0 Å². The van der Waals surface area contributed by atoms with Crippen molar-refractivity contribution in [3.8, 4) is 5.75 Å². The second-order valence-electron chi connectivity index (χ2n) is 4.72. The van der Waals surface area contributed by atoms with Crippen molar-refractivity contribution in [3.05, 3.63) is 63.9 Å². The number of carbonyl (C=O) groups is 1. The van der Waals surface area contributed by atoms with Gasteiger partial charge in [0.1, 0.15) is 16.6 Å². The fourth-order valence-electron chi connectivity index (χ4n) is 1.80. The number of carbonyl (C=O) groups excluding carboxylic acids is 1. The molecule has 0 atom stereocenters. The Labute approximate surface area is 138 Å². The molecular weight excluding hydrogens is 328 g/mol. The summed E-state index contributed by atoms with van der Waals surface area (Å²) in [5, 5.41) is 0.643. The van der Waals surface area contributed by atoms with Crippen LogP contribution in [-0.4, -0.2) is 24.5 Å². The predicted octanol–water partition coefficient (Wildman–Crippen LogP) is 4.17. The number of amides is 1. The topological polar surface area (TPSA) is 29.5 Å². The summed E-state index contributed by atoms with van der Waals surface area (Å²) >= 11 is 11.9. The first-order chi connectivity index (χ1) is 10.5. The molecule has 0 unspecified atom stereocenters. The zero-order valence-electron chi connectivity index (χ0n) is 11.9. The Kier molecular flexibility index (Phi) is 5.63. The van der Waals surface area contributed by atoms with Crippen LogP contribution < -0.4 is 4.74 Å². The first kappa shape index (κ1) is 16.6. The molecule has 0 spiro atoms. The summed E-state index contributed by atoms with van der Waals surface area (Å²) in [4.78, 5) is 13.5. The van der Waals surface area contributed by atoms with Crippen LogP contribution in [0.5, 0.6) is 5.75 Å². The highest BCUT2D eigenvalue weighted by atomic mass is 35.5. The minimum Gasteiger partial charge on any atom is -0.482 e. The van der Waals surface area contributed by atoms with E-state index < -0.39 is 0 Å². The molecule has 0 saturated heterocycles. The third-order valence-electron chi connectivity index (χ3n) is 3.03. The van der Waals surface area contributed by atoms with Gasteiger partial charge in [0, 0.05) is 13.6 Å². The molecule has 0 aliphatic heterocycles. The lowest BCUT2D eigenvalue weighted by Gasteiger charge is -2.18. The third kappa shape index (κ3) is 4.36. The molecule has 0 fully saturated rings. The SMILES string of the molecule is CN(Cc1ccc(F)cc1)C(=O)COc1cccc(Cl)c1Cl. The van der Waals surface area contributed by atoms with Crippen LogP contribution in [0.3, 0.4) is 0 Å². The van der Waals surface area contributed by atoms with E-state index in [1.165, 1.54) is 17.0 Å². The van der Waals surface area contributed by atoms with E-state index in [4.69, 9.17) is 27.9 Å². The van der Waals surface area contributed by atoms with Crippen LogP contribution in [-0.2, 0) is 11.3 Å².